The van der Waals surface area contributed by atoms with E-state index < -0.39 is 6.04 Å². The summed E-state index contributed by atoms with van der Waals surface area (Å²) in [5.74, 6) is 1.32. The largest absolute Gasteiger partial charge is 0.497 e. The van der Waals surface area contributed by atoms with Crippen LogP contribution in [0.3, 0.4) is 0 Å². The summed E-state index contributed by atoms with van der Waals surface area (Å²) in [7, 11) is 1.59. The molecule has 1 atom stereocenters. The summed E-state index contributed by atoms with van der Waals surface area (Å²) < 4.78 is 10.7. The molecule has 3 aromatic carbocycles. The number of rotatable bonds is 7. The molecule has 0 spiro atoms. The first-order valence-corrected chi connectivity index (χ1v) is 9.61. The summed E-state index contributed by atoms with van der Waals surface area (Å²) >= 11 is 0. The molecule has 0 radical (unpaired) electrons. The fraction of sp³-hybridized carbons (Fsp3) is 0.125. The van der Waals surface area contributed by atoms with Crippen LogP contribution in [0, 0.1) is 0 Å². The van der Waals surface area contributed by atoms with E-state index in [9.17, 15) is 4.79 Å². The van der Waals surface area contributed by atoms with Gasteiger partial charge in [-0.25, -0.2) is 0 Å². The molecule has 0 saturated carbocycles. The topological polar surface area (TPSA) is 77.2 Å². The van der Waals surface area contributed by atoms with E-state index in [1.807, 2.05) is 60.7 Å². The standard InChI is InChI=1S/C24H21N3O3/c1-29-20-14-12-19(13-15-20)23(28)25-21(16-17-8-4-2-5-9-17)24-26-22(27-30-24)18-10-6-3-7-11-18/h2-15,21H,16H2,1H3,(H,25,28)/t21-/m0/s1. The fourth-order valence-corrected chi connectivity index (χ4v) is 3.12. The number of nitrogens with zero attached hydrogens (tertiary/aromatic N) is 2. The van der Waals surface area contributed by atoms with Crippen molar-refractivity contribution in [2.24, 2.45) is 0 Å². The molecular formula is C24H21N3O3. The molecule has 6 heteroatoms. The number of hydrogen-bond donors (Lipinski definition) is 1. The lowest BCUT2D eigenvalue weighted by Gasteiger charge is -2.15. The van der Waals surface area contributed by atoms with Gasteiger partial charge >= 0.3 is 0 Å². The number of methoxy groups -OCH3 is 1. The molecule has 0 aliphatic heterocycles. The summed E-state index contributed by atoms with van der Waals surface area (Å²) in [6.07, 6.45) is 0.527. The van der Waals surface area contributed by atoms with E-state index in [2.05, 4.69) is 15.5 Å². The number of ether oxygens (including phenoxy) is 1. The van der Waals surface area contributed by atoms with Crippen LogP contribution < -0.4 is 10.1 Å². The molecule has 0 fully saturated rings. The highest BCUT2D eigenvalue weighted by Gasteiger charge is 2.23. The van der Waals surface area contributed by atoms with Gasteiger partial charge in [0.25, 0.3) is 5.91 Å². The highest BCUT2D eigenvalue weighted by molar-refractivity contribution is 5.94. The molecule has 4 aromatic rings. The van der Waals surface area contributed by atoms with Gasteiger partial charge in [0.05, 0.1) is 7.11 Å². The second-order valence-corrected chi connectivity index (χ2v) is 6.77. The Morgan fingerprint density at radius 2 is 1.63 bits per heavy atom. The van der Waals surface area contributed by atoms with Crippen molar-refractivity contribution in [3.63, 3.8) is 0 Å². The van der Waals surface area contributed by atoms with Crippen LogP contribution in [0.15, 0.2) is 89.5 Å². The lowest BCUT2D eigenvalue weighted by molar-refractivity contribution is 0.0928. The second-order valence-electron chi connectivity index (χ2n) is 6.77. The lowest BCUT2D eigenvalue weighted by Crippen LogP contribution is -2.30. The van der Waals surface area contributed by atoms with Gasteiger partial charge in [-0.05, 0) is 29.8 Å². The zero-order valence-corrected chi connectivity index (χ0v) is 16.5. The minimum atomic E-state index is -0.466. The van der Waals surface area contributed by atoms with Crippen molar-refractivity contribution in [3.05, 3.63) is 102 Å². The highest BCUT2D eigenvalue weighted by Crippen LogP contribution is 2.22. The van der Waals surface area contributed by atoms with Crippen LogP contribution in [-0.2, 0) is 6.42 Å². The third kappa shape index (κ3) is 4.55. The van der Waals surface area contributed by atoms with Gasteiger partial charge in [0.1, 0.15) is 11.8 Å². The summed E-state index contributed by atoms with van der Waals surface area (Å²) in [5.41, 5.74) is 2.43. The van der Waals surface area contributed by atoms with Crippen LogP contribution in [-0.4, -0.2) is 23.2 Å². The Morgan fingerprint density at radius 1 is 0.967 bits per heavy atom. The third-order valence-electron chi connectivity index (χ3n) is 4.71. The van der Waals surface area contributed by atoms with Crippen LogP contribution in [0.25, 0.3) is 11.4 Å². The van der Waals surface area contributed by atoms with Gasteiger partial charge in [0, 0.05) is 17.5 Å². The van der Waals surface area contributed by atoms with E-state index in [0.29, 0.717) is 29.4 Å². The van der Waals surface area contributed by atoms with E-state index in [0.717, 1.165) is 11.1 Å². The molecular weight excluding hydrogens is 378 g/mol. The van der Waals surface area contributed by atoms with Crippen molar-refractivity contribution >= 4 is 5.91 Å². The van der Waals surface area contributed by atoms with Crippen molar-refractivity contribution < 1.29 is 14.1 Å². The number of amides is 1. The molecule has 6 nitrogen and oxygen atoms in total. The van der Waals surface area contributed by atoms with Crippen LogP contribution in [0.2, 0.25) is 0 Å². The lowest BCUT2D eigenvalue weighted by atomic mass is 10.1. The van der Waals surface area contributed by atoms with Crippen LogP contribution >= 0.6 is 0 Å². The van der Waals surface area contributed by atoms with E-state index in [4.69, 9.17) is 9.26 Å². The minimum absolute atomic E-state index is 0.224. The second kappa shape index (κ2) is 9.05. The Bertz CT molecular complexity index is 1090. The predicted molar refractivity (Wildman–Crippen MR) is 113 cm³/mol. The van der Waals surface area contributed by atoms with Crippen molar-refractivity contribution in [2.75, 3.05) is 7.11 Å². The maximum absolute atomic E-state index is 12.9. The molecule has 1 N–H and O–H groups in total. The molecule has 4 rings (SSSR count). The Kier molecular flexibility index (Phi) is 5.85. The maximum Gasteiger partial charge on any atom is 0.251 e. The van der Waals surface area contributed by atoms with E-state index in [1.165, 1.54) is 0 Å². The SMILES string of the molecule is COc1ccc(C(=O)N[C@@H](Cc2ccccc2)c2nc(-c3ccccc3)no2)cc1. The van der Waals surface area contributed by atoms with Gasteiger partial charge in [-0.1, -0.05) is 65.8 Å². The number of nitrogens with one attached hydrogen (secondary N) is 1. The molecule has 1 heterocycles. The van der Waals surface area contributed by atoms with E-state index >= 15 is 0 Å². The summed E-state index contributed by atoms with van der Waals surface area (Å²) in [6.45, 7) is 0. The Morgan fingerprint density at radius 3 is 2.30 bits per heavy atom. The molecule has 0 unspecified atom stereocenters. The van der Waals surface area contributed by atoms with Gasteiger partial charge in [-0.15, -0.1) is 0 Å². The van der Waals surface area contributed by atoms with Crippen LogP contribution in [0.5, 0.6) is 5.75 Å². The van der Waals surface area contributed by atoms with Crippen LogP contribution in [0.1, 0.15) is 27.9 Å². The van der Waals surface area contributed by atoms with Crippen molar-refractivity contribution in [2.45, 2.75) is 12.5 Å². The molecule has 0 saturated heterocycles. The Balaban J connectivity index is 1.59. The first-order chi connectivity index (χ1) is 14.7. The molecule has 1 aromatic heterocycles. The van der Waals surface area contributed by atoms with Gasteiger partial charge < -0.3 is 14.6 Å². The monoisotopic (exact) mass is 399 g/mol. The van der Waals surface area contributed by atoms with Gasteiger partial charge in [-0.2, -0.15) is 4.98 Å². The maximum atomic E-state index is 12.9. The average molecular weight is 399 g/mol. The Hall–Kier alpha value is -3.93. The number of aromatic nitrogens is 2. The van der Waals surface area contributed by atoms with Gasteiger partial charge in [0.15, 0.2) is 0 Å². The first-order valence-electron chi connectivity index (χ1n) is 9.61. The van der Waals surface area contributed by atoms with E-state index in [1.54, 1.807) is 31.4 Å². The zero-order chi connectivity index (χ0) is 20.8. The quantitative estimate of drug-likeness (QED) is 0.496. The van der Waals surface area contributed by atoms with Crippen molar-refractivity contribution in [1.29, 1.82) is 0 Å². The van der Waals surface area contributed by atoms with Gasteiger partial charge in [-0.3, -0.25) is 4.79 Å². The average Bonchev–Trinajstić information content (AvgIpc) is 3.30. The molecule has 150 valence electrons. The molecule has 0 aliphatic rings. The summed E-state index contributed by atoms with van der Waals surface area (Å²) in [5, 5.41) is 7.12. The fourth-order valence-electron chi connectivity index (χ4n) is 3.12. The predicted octanol–water partition coefficient (Wildman–Crippen LogP) is 4.46. The number of carbonyl (C=O) groups excluding carboxylic acids is 1. The molecule has 0 bridgehead atoms. The highest BCUT2D eigenvalue weighted by atomic mass is 16.5. The molecule has 1 amide bonds. The molecule has 0 aliphatic carbocycles. The van der Waals surface area contributed by atoms with Gasteiger partial charge in [0.2, 0.25) is 11.7 Å². The normalized spacial score (nSPS) is 11.6. The minimum Gasteiger partial charge on any atom is -0.497 e. The number of hydrogen-bond acceptors (Lipinski definition) is 5. The van der Waals surface area contributed by atoms with E-state index in [-0.39, 0.29) is 5.91 Å². The van der Waals surface area contributed by atoms with Crippen molar-refractivity contribution in [3.8, 4) is 17.1 Å². The number of carbonyl (C=O) groups is 1. The smallest absolute Gasteiger partial charge is 0.251 e. The van der Waals surface area contributed by atoms with Crippen molar-refractivity contribution in [1.82, 2.24) is 15.5 Å². The molecule has 30 heavy (non-hydrogen) atoms. The third-order valence-corrected chi connectivity index (χ3v) is 4.71. The summed E-state index contributed by atoms with van der Waals surface area (Å²) in [4.78, 5) is 17.4. The van der Waals surface area contributed by atoms with Crippen LogP contribution in [0.4, 0.5) is 0 Å². The number of benzene rings is 3. The Labute approximate surface area is 174 Å². The summed E-state index contributed by atoms with van der Waals surface area (Å²) in [6, 6.07) is 25.9. The first kappa shape index (κ1) is 19.4. The zero-order valence-electron chi connectivity index (χ0n) is 16.5.